The molecule has 0 bridgehead atoms. The number of hydrogen-bond acceptors (Lipinski definition) is 4. The van der Waals surface area contributed by atoms with E-state index in [2.05, 4.69) is 16.8 Å². The predicted octanol–water partition coefficient (Wildman–Crippen LogP) is 0.414. The van der Waals surface area contributed by atoms with Crippen LogP contribution in [0.1, 0.15) is 13.3 Å². The molecule has 0 amide bonds. The molecule has 1 unspecified atom stereocenters. The van der Waals surface area contributed by atoms with Crippen LogP contribution in [-0.4, -0.2) is 34.9 Å². The van der Waals surface area contributed by atoms with Crippen LogP contribution in [-0.2, 0) is 9.09 Å². The van der Waals surface area contributed by atoms with Crippen molar-refractivity contribution in [3.05, 3.63) is 0 Å². The van der Waals surface area contributed by atoms with E-state index < -0.39 is 12.2 Å². The molecular formula is C6H15O5PS. The minimum Gasteiger partial charge on any atom is -0.396 e. The predicted molar refractivity (Wildman–Crippen MR) is 51.7 cm³/mol. The van der Waals surface area contributed by atoms with E-state index in [1.165, 1.54) is 0 Å². The highest BCUT2D eigenvalue weighted by molar-refractivity contribution is 8.44. The highest BCUT2D eigenvalue weighted by atomic mass is 32.7. The van der Waals surface area contributed by atoms with Gasteiger partial charge in [0, 0.05) is 5.41 Å². The van der Waals surface area contributed by atoms with Gasteiger partial charge in [-0.3, -0.25) is 0 Å². The molecule has 1 atom stereocenters. The van der Waals surface area contributed by atoms with Crippen LogP contribution in [0.25, 0.3) is 0 Å². The van der Waals surface area contributed by atoms with E-state index in [1.54, 1.807) is 6.92 Å². The highest BCUT2D eigenvalue weighted by Gasteiger charge is 2.29. The molecule has 0 radical (unpaired) electrons. The summed E-state index contributed by atoms with van der Waals surface area (Å²) >= 11 is 3.31. The Morgan fingerprint density at radius 2 is 1.92 bits per heavy atom. The lowest BCUT2D eigenvalue weighted by Gasteiger charge is -2.27. The maximum atomic E-state index is 10.6. The number of thiol groups is 1. The molecule has 0 heterocycles. The van der Waals surface area contributed by atoms with Gasteiger partial charge >= 0.3 is 6.80 Å². The second-order valence-electron chi connectivity index (χ2n) is 2.93. The van der Waals surface area contributed by atoms with Gasteiger partial charge in [-0.15, -0.1) is 0 Å². The fraction of sp³-hybridized carbons (Fsp3) is 1.00. The van der Waals surface area contributed by atoms with Crippen molar-refractivity contribution in [3.8, 4) is 0 Å². The molecule has 0 aliphatic heterocycles. The minimum atomic E-state index is -3.83. The first-order chi connectivity index (χ1) is 5.89. The van der Waals surface area contributed by atoms with Gasteiger partial charge in [0.05, 0.1) is 19.8 Å². The monoisotopic (exact) mass is 230 g/mol. The quantitative estimate of drug-likeness (QED) is 0.392. The van der Waals surface area contributed by atoms with Gasteiger partial charge in [-0.1, -0.05) is 19.2 Å². The van der Waals surface area contributed by atoms with Gasteiger partial charge < -0.3 is 19.6 Å². The van der Waals surface area contributed by atoms with Crippen LogP contribution in [0, 0.1) is 5.41 Å². The van der Waals surface area contributed by atoms with Crippen LogP contribution in [0.4, 0.5) is 0 Å². The second-order valence-corrected chi connectivity index (χ2v) is 5.69. The Kier molecular flexibility index (Phi) is 5.51. The summed E-state index contributed by atoms with van der Waals surface area (Å²) in [5, 5.41) is 17.9. The maximum Gasteiger partial charge on any atom is 0.383 e. The molecule has 3 N–H and O–H groups in total. The Hall–Kier alpha value is 0.420. The summed E-state index contributed by atoms with van der Waals surface area (Å²) in [6.07, 6.45) is 0.452. The molecule has 0 aliphatic rings. The molecule has 0 fully saturated rings. The van der Waals surface area contributed by atoms with Crippen molar-refractivity contribution in [2.45, 2.75) is 13.3 Å². The van der Waals surface area contributed by atoms with Crippen LogP contribution >= 0.6 is 19.0 Å². The van der Waals surface area contributed by atoms with E-state index in [9.17, 15) is 4.57 Å². The average Bonchev–Trinajstić information content (AvgIpc) is 2.06. The van der Waals surface area contributed by atoms with Crippen LogP contribution in [0.3, 0.4) is 0 Å². The lowest BCUT2D eigenvalue weighted by molar-refractivity contribution is 0.0102. The Bertz CT molecular complexity index is 179. The summed E-state index contributed by atoms with van der Waals surface area (Å²) in [5.74, 6) is 0. The summed E-state index contributed by atoms with van der Waals surface area (Å²) in [6, 6.07) is 0. The molecule has 0 aromatic carbocycles. The largest absolute Gasteiger partial charge is 0.396 e. The van der Waals surface area contributed by atoms with Gasteiger partial charge in [-0.2, -0.15) is 0 Å². The average molecular weight is 230 g/mol. The third kappa shape index (κ3) is 5.00. The standard InChI is InChI=1S/C6H15O5PS/c1-2-6(3-7,4-8)5-11-12(9,10)13/h7-8H,2-5H2,1H3,(H2,9,10,13). The van der Waals surface area contributed by atoms with Crippen LogP contribution in [0.5, 0.6) is 0 Å². The number of aliphatic hydroxyl groups is 2. The highest BCUT2D eigenvalue weighted by Crippen LogP contribution is 2.48. The van der Waals surface area contributed by atoms with Crippen molar-refractivity contribution in [3.63, 3.8) is 0 Å². The van der Waals surface area contributed by atoms with E-state index in [0.29, 0.717) is 6.42 Å². The van der Waals surface area contributed by atoms with E-state index in [4.69, 9.17) is 15.1 Å². The Labute approximate surface area is 82.4 Å². The summed E-state index contributed by atoms with van der Waals surface area (Å²) in [4.78, 5) is 8.70. The molecule has 0 saturated heterocycles. The SMILES string of the molecule is CCC(CO)(CO)COP(=O)(O)S. The van der Waals surface area contributed by atoms with Crippen molar-refractivity contribution in [1.82, 2.24) is 0 Å². The lowest BCUT2D eigenvalue weighted by atomic mass is 9.88. The van der Waals surface area contributed by atoms with Gasteiger partial charge in [0.25, 0.3) is 0 Å². The molecule has 0 aromatic rings. The van der Waals surface area contributed by atoms with Gasteiger partial charge in [0.1, 0.15) is 0 Å². The van der Waals surface area contributed by atoms with Crippen molar-refractivity contribution in [1.29, 1.82) is 0 Å². The van der Waals surface area contributed by atoms with Crippen LogP contribution in [0.2, 0.25) is 0 Å². The van der Waals surface area contributed by atoms with E-state index in [1.807, 2.05) is 0 Å². The van der Waals surface area contributed by atoms with E-state index >= 15 is 0 Å². The zero-order chi connectivity index (χ0) is 10.5. The molecule has 0 saturated carbocycles. The van der Waals surface area contributed by atoms with Gasteiger partial charge in [0.15, 0.2) is 0 Å². The normalized spacial score (nSPS) is 17.0. The molecule has 5 nitrogen and oxygen atoms in total. The molecule has 0 aromatic heterocycles. The fourth-order valence-electron chi connectivity index (χ4n) is 0.688. The second kappa shape index (κ2) is 5.34. The van der Waals surface area contributed by atoms with Crippen molar-refractivity contribution >= 4 is 19.0 Å². The van der Waals surface area contributed by atoms with Crippen LogP contribution in [0.15, 0.2) is 0 Å². The zero-order valence-electron chi connectivity index (χ0n) is 7.38. The van der Waals surface area contributed by atoms with Gasteiger partial charge in [0.2, 0.25) is 0 Å². The zero-order valence-corrected chi connectivity index (χ0v) is 9.17. The van der Waals surface area contributed by atoms with Crippen molar-refractivity contribution < 1.29 is 24.2 Å². The van der Waals surface area contributed by atoms with E-state index in [0.717, 1.165) is 0 Å². The third-order valence-electron chi connectivity index (χ3n) is 1.96. The van der Waals surface area contributed by atoms with Gasteiger partial charge in [-0.05, 0) is 6.42 Å². The lowest BCUT2D eigenvalue weighted by Crippen LogP contribution is -2.33. The summed E-state index contributed by atoms with van der Waals surface area (Å²) in [5.41, 5.74) is -0.860. The Morgan fingerprint density at radius 3 is 2.15 bits per heavy atom. The fourth-order valence-corrected chi connectivity index (χ4v) is 1.30. The Morgan fingerprint density at radius 1 is 1.46 bits per heavy atom. The first-order valence-electron chi connectivity index (χ1n) is 3.81. The number of rotatable bonds is 6. The smallest absolute Gasteiger partial charge is 0.383 e. The molecule has 13 heavy (non-hydrogen) atoms. The molecule has 0 rings (SSSR count). The third-order valence-corrected chi connectivity index (χ3v) is 2.77. The molecule has 7 heteroatoms. The first-order valence-corrected chi connectivity index (χ1v) is 6.54. The molecular weight excluding hydrogens is 215 g/mol. The summed E-state index contributed by atoms with van der Waals surface area (Å²) in [6.45, 7) is -2.87. The summed E-state index contributed by atoms with van der Waals surface area (Å²) in [7, 11) is 0. The minimum absolute atomic E-state index is 0.187. The maximum absolute atomic E-state index is 10.6. The molecule has 0 spiro atoms. The van der Waals surface area contributed by atoms with Gasteiger partial charge in [-0.25, -0.2) is 4.57 Å². The Balaban J connectivity index is 4.19. The molecule has 80 valence electrons. The van der Waals surface area contributed by atoms with E-state index in [-0.39, 0.29) is 19.8 Å². The number of hydrogen-bond donors (Lipinski definition) is 4. The number of aliphatic hydroxyl groups excluding tert-OH is 2. The van der Waals surface area contributed by atoms with Crippen molar-refractivity contribution in [2.24, 2.45) is 5.41 Å². The van der Waals surface area contributed by atoms with Crippen LogP contribution < -0.4 is 0 Å². The summed E-state index contributed by atoms with van der Waals surface area (Å²) < 4.78 is 15.2. The molecule has 0 aliphatic carbocycles. The van der Waals surface area contributed by atoms with Crippen molar-refractivity contribution in [2.75, 3.05) is 19.8 Å². The topological polar surface area (TPSA) is 87.0 Å². The first kappa shape index (κ1) is 13.4.